The third kappa shape index (κ3) is 3.84. The van der Waals surface area contributed by atoms with Gasteiger partial charge in [0.15, 0.2) is 0 Å². The number of nitrogens with zero attached hydrogens (tertiary/aromatic N) is 1. The van der Waals surface area contributed by atoms with Crippen LogP contribution in [0.3, 0.4) is 0 Å². The maximum absolute atomic E-state index is 12.7. The van der Waals surface area contributed by atoms with Gasteiger partial charge in [0.1, 0.15) is 0 Å². The molecule has 1 atom stereocenters. The second-order valence-corrected chi connectivity index (χ2v) is 8.24. The summed E-state index contributed by atoms with van der Waals surface area (Å²) in [6, 6.07) is 16.4. The summed E-state index contributed by atoms with van der Waals surface area (Å²) in [4.78, 5) is 17.6. The highest BCUT2D eigenvalue weighted by molar-refractivity contribution is 7.10. The van der Waals surface area contributed by atoms with Crippen molar-refractivity contribution in [3.05, 3.63) is 80.2 Å². The van der Waals surface area contributed by atoms with Gasteiger partial charge in [0, 0.05) is 22.8 Å². The van der Waals surface area contributed by atoms with Crippen molar-refractivity contribution in [2.45, 2.75) is 19.0 Å². The van der Waals surface area contributed by atoms with Crippen LogP contribution in [0.2, 0.25) is 0 Å². The second-order valence-electron chi connectivity index (χ2n) is 6.26. The molecule has 4 rings (SSSR count). The maximum atomic E-state index is 12.7. The lowest BCUT2D eigenvalue weighted by molar-refractivity contribution is -0.122. The average Bonchev–Trinajstić information content (AvgIpc) is 3.31. The smallest absolute Gasteiger partial charge is 0.234 e. The van der Waals surface area contributed by atoms with Crippen LogP contribution in [-0.4, -0.2) is 23.9 Å². The molecule has 3 nitrogen and oxygen atoms in total. The average molecular weight is 369 g/mol. The molecule has 5 heteroatoms. The van der Waals surface area contributed by atoms with E-state index in [-0.39, 0.29) is 11.9 Å². The number of carbonyl (C=O) groups excluding carboxylic acids is 1. The molecule has 0 unspecified atom stereocenters. The quantitative estimate of drug-likeness (QED) is 0.736. The SMILES string of the molecule is O=C(CN1CCc2sccc2C1)N[C@@H](c1ccccc1)c1cccs1. The van der Waals surface area contributed by atoms with Crippen molar-refractivity contribution in [2.75, 3.05) is 13.1 Å². The van der Waals surface area contributed by atoms with Crippen molar-refractivity contribution < 1.29 is 4.79 Å². The minimum Gasteiger partial charge on any atom is -0.343 e. The van der Waals surface area contributed by atoms with Crippen molar-refractivity contribution in [1.29, 1.82) is 0 Å². The van der Waals surface area contributed by atoms with E-state index in [1.54, 1.807) is 11.3 Å². The number of nitrogens with one attached hydrogen (secondary N) is 1. The summed E-state index contributed by atoms with van der Waals surface area (Å²) in [5, 5.41) is 7.44. The summed E-state index contributed by atoms with van der Waals surface area (Å²) in [5.74, 6) is 0.0842. The fraction of sp³-hybridized carbons (Fsp3) is 0.250. The van der Waals surface area contributed by atoms with Crippen LogP contribution in [-0.2, 0) is 17.8 Å². The lowest BCUT2D eigenvalue weighted by atomic mass is 10.1. The third-order valence-electron chi connectivity index (χ3n) is 4.52. The monoisotopic (exact) mass is 368 g/mol. The van der Waals surface area contributed by atoms with E-state index >= 15 is 0 Å². The molecular formula is C20H20N2OS2. The lowest BCUT2D eigenvalue weighted by Crippen LogP contribution is -2.40. The van der Waals surface area contributed by atoms with Gasteiger partial charge < -0.3 is 5.32 Å². The first-order valence-electron chi connectivity index (χ1n) is 8.45. The zero-order valence-electron chi connectivity index (χ0n) is 13.9. The third-order valence-corrected chi connectivity index (χ3v) is 6.48. The molecule has 0 radical (unpaired) electrons. The Kier molecular flexibility index (Phi) is 4.97. The van der Waals surface area contributed by atoms with E-state index in [1.165, 1.54) is 15.3 Å². The van der Waals surface area contributed by atoms with Crippen LogP contribution < -0.4 is 5.32 Å². The predicted octanol–water partition coefficient (Wildman–Crippen LogP) is 4.07. The zero-order chi connectivity index (χ0) is 17.1. The van der Waals surface area contributed by atoms with Crippen molar-refractivity contribution in [3.63, 3.8) is 0 Å². The van der Waals surface area contributed by atoms with Gasteiger partial charge in [-0.1, -0.05) is 36.4 Å². The molecule has 0 fully saturated rings. The Morgan fingerprint density at radius 3 is 2.76 bits per heavy atom. The highest BCUT2D eigenvalue weighted by atomic mass is 32.1. The topological polar surface area (TPSA) is 32.3 Å². The Morgan fingerprint density at radius 2 is 1.96 bits per heavy atom. The van der Waals surface area contributed by atoms with Crippen LogP contribution in [0.4, 0.5) is 0 Å². The largest absolute Gasteiger partial charge is 0.343 e. The van der Waals surface area contributed by atoms with E-state index in [0.717, 1.165) is 25.1 Å². The second kappa shape index (κ2) is 7.52. The Balaban J connectivity index is 1.45. The molecule has 3 heterocycles. The molecule has 1 aromatic carbocycles. The first-order valence-corrected chi connectivity index (χ1v) is 10.2. The Labute approximate surface area is 155 Å². The van der Waals surface area contributed by atoms with Gasteiger partial charge in [0.05, 0.1) is 12.6 Å². The molecule has 1 aliphatic heterocycles. The molecule has 1 aliphatic rings. The number of rotatable bonds is 5. The summed E-state index contributed by atoms with van der Waals surface area (Å²) in [5.41, 5.74) is 2.50. The number of amides is 1. The summed E-state index contributed by atoms with van der Waals surface area (Å²) in [6.45, 7) is 2.28. The fourth-order valence-corrected chi connectivity index (χ4v) is 4.96. The lowest BCUT2D eigenvalue weighted by Gasteiger charge is -2.27. The Morgan fingerprint density at radius 1 is 1.08 bits per heavy atom. The minimum atomic E-state index is -0.0739. The van der Waals surface area contributed by atoms with Gasteiger partial charge in [-0.2, -0.15) is 0 Å². The molecule has 0 spiro atoms. The number of hydrogen-bond donors (Lipinski definition) is 1. The molecule has 1 amide bonds. The van der Waals surface area contributed by atoms with Gasteiger partial charge in [0.2, 0.25) is 5.91 Å². The molecule has 0 aliphatic carbocycles. The van der Waals surface area contributed by atoms with Gasteiger partial charge >= 0.3 is 0 Å². The molecule has 25 heavy (non-hydrogen) atoms. The molecule has 0 saturated carbocycles. The summed E-state index contributed by atoms with van der Waals surface area (Å²) in [6.07, 6.45) is 1.05. The Hall–Kier alpha value is -1.95. The number of thiophene rings is 2. The number of carbonyl (C=O) groups is 1. The van der Waals surface area contributed by atoms with Crippen molar-refractivity contribution in [3.8, 4) is 0 Å². The van der Waals surface area contributed by atoms with Crippen LogP contribution in [0, 0.1) is 0 Å². The summed E-state index contributed by atoms with van der Waals surface area (Å²) < 4.78 is 0. The van der Waals surface area contributed by atoms with Crippen LogP contribution >= 0.6 is 22.7 Å². The van der Waals surface area contributed by atoms with E-state index in [0.29, 0.717) is 6.54 Å². The van der Waals surface area contributed by atoms with E-state index in [2.05, 4.69) is 45.2 Å². The Bertz CT molecular complexity index is 827. The van der Waals surface area contributed by atoms with Gasteiger partial charge in [-0.15, -0.1) is 22.7 Å². The summed E-state index contributed by atoms with van der Waals surface area (Å²) in [7, 11) is 0. The van der Waals surface area contributed by atoms with Crippen molar-refractivity contribution in [1.82, 2.24) is 10.2 Å². The van der Waals surface area contributed by atoms with Crippen LogP contribution in [0.1, 0.15) is 26.9 Å². The van der Waals surface area contributed by atoms with Crippen LogP contribution in [0.25, 0.3) is 0 Å². The highest BCUT2D eigenvalue weighted by Gasteiger charge is 2.22. The molecule has 0 bridgehead atoms. The number of hydrogen-bond acceptors (Lipinski definition) is 4. The molecule has 2 aromatic heterocycles. The number of fused-ring (bicyclic) bond motifs is 1. The molecular weight excluding hydrogens is 348 g/mol. The van der Waals surface area contributed by atoms with Crippen molar-refractivity contribution in [2.24, 2.45) is 0 Å². The van der Waals surface area contributed by atoms with Gasteiger partial charge in [-0.05, 0) is 40.4 Å². The van der Waals surface area contributed by atoms with Crippen LogP contribution in [0.15, 0.2) is 59.3 Å². The van der Waals surface area contributed by atoms with E-state index < -0.39 is 0 Å². The summed E-state index contributed by atoms with van der Waals surface area (Å²) >= 11 is 3.51. The minimum absolute atomic E-state index is 0.0739. The molecule has 3 aromatic rings. The van der Waals surface area contributed by atoms with Gasteiger partial charge in [0.25, 0.3) is 0 Å². The fourth-order valence-electron chi connectivity index (χ4n) is 3.27. The first-order chi connectivity index (χ1) is 12.3. The standard InChI is InChI=1S/C20H20N2OS2/c23-19(14-22-10-8-17-16(13-22)9-12-25-17)21-20(18-7-4-11-24-18)15-5-2-1-3-6-15/h1-7,9,11-12,20H,8,10,13-14H2,(H,21,23)/t20-/m0/s1. The van der Waals surface area contributed by atoms with E-state index in [1.807, 2.05) is 35.6 Å². The maximum Gasteiger partial charge on any atom is 0.234 e. The van der Waals surface area contributed by atoms with Gasteiger partial charge in [-0.25, -0.2) is 0 Å². The number of benzene rings is 1. The normalized spacial score (nSPS) is 15.5. The molecule has 1 N–H and O–H groups in total. The zero-order valence-corrected chi connectivity index (χ0v) is 15.5. The van der Waals surface area contributed by atoms with E-state index in [9.17, 15) is 4.79 Å². The van der Waals surface area contributed by atoms with E-state index in [4.69, 9.17) is 0 Å². The first kappa shape index (κ1) is 16.5. The van der Waals surface area contributed by atoms with Crippen molar-refractivity contribution >= 4 is 28.6 Å². The van der Waals surface area contributed by atoms with Gasteiger partial charge in [-0.3, -0.25) is 9.69 Å². The van der Waals surface area contributed by atoms with Crippen LogP contribution in [0.5, 0.6) is 0 Å². The molecule has 0 saturated heterocycles. The predicted molar refractivity (Wildman–Crippen MR) is 104 cm³/mol. The highest BCUT2D eigenvalue weighted by Crippen LogP contribution is 2.26. The molecule has 128 valence electrons.